The van der Waals surface area contributed by atoms with Gasteiger partial charge in [0.25, 0.3) is 5.91 Å². The smallest absolute Gasteiger partial charge is 0.309 e. The van der Waals surface area contributed by atoms with Gasteiger partial charge in [-0.1, -0.05) is 18.2 Å². The monoisotopic (exact) mass is 638 g/mol. The van der Waals surface area contributed by atoms with E-state index < -0.39 is 12.2 Å². The second kappa shape index (κ2) is 12.1. The summed E-state index contributed by atoms with van der Waals surface area (Å²) in [6, 6.07) is 15.2. The minimum atomic E-state index is -1.15. The Morgan fingerprint density at radius 3 is 2.60 bits per heavy atom. The van der Waals surface area contributed by atoms with E-state index in [-0.39, 0.29) is 31.3 Å². The summed E-state index contributed by atoms with van der Waals surface area (Å²) in [6.07, 6.45) is 1.63. The maximum Gasteiger partial charge on any atom is 0.309 e. The fourth-order valence-electron chi connectivity index (χ4n) is 6.83. The van der Waals surface area contributed by atoms with Gasteiger partial charge in [0.2, 0.25) is 0 Å². The molecule has 11 heteroatoms. The minimum absolute atomic E-state index is 0.0196. The highest BCUT2D eigenvalue weighted by Crippen LogP contribution is 2.38. The number of likely N-dealkylation sites (tertiary alicyclic amines) is 1. The Morgan fingerprint density at radius 2 is 1.87 bits per heavy atom. The van der Waals surface area contributed by atoms with Crippen LogP contribution in [-0.4, -0.2) is 75.4 Å². The van der Waals surface area contributed by atoms with E-state index in [2.05, 4.69) is 16.7 Å². The number of piperidine rings is 1. The van der Waals surface area contributed by atoms with Crippen molar-refractivity contribution in [2.24, 2.45) is 18.7 Å². The van der Waals surface area contributed by atoms with Crippen molar-refractivity contribution in [2.45, 2.75) is 51.4 Å². The third kappa shape index (κ3) is 5.73. The first-order valence-electron chi connectivity index (χ1n) is 16.0. The summed E-state index contributed by atoms with van der Waals surface area (Å²) in [5.41, 5.74) is 13.3. The molecule has 47 heavy (non-hydrogen) atoms. The SMILES string of the molecule is COC(=O)Cc1cccc(-c2ccc3cc(-c4nc5cc(C(=O)N6C[C@H](N)C[C@@H](F)C6)cc(OC)c5n4C)n(CC4CC4)c3n2)c1C. The number of carbonyl (C=O) groups is 2. The lowest BCUT2D eigenvalue weighted by Crippen LogP contribution is -2.50. The maximum atomic E-state index is 14.3. The number of carbonyl (C=O) groups excluding carboxylic acids is 2. The topological polar surface area (TPSA) is 118 Å². The molecule has 1 amide bonds. The van der Waals surface area contributed by atoms with Crippen molar-refractivity contribution in [3.63, 3.8) is 0 Å². The van der Waals surface area contributed by atoms with E-state index in [9.17, 15) is 14.0 Å². The Morgan fingerprint density at radius 1 is 1.06 bits per heavy atom. The Kier molecular flexibility index (Phi) is 7.95. The fourth-order valence-corrected chi connectivity index (χ4v) is 6.83. The molecular weight excluding hydrogens is 599 g/mol. The third-order valence-corrected chi connectivity index (χ3v) is 9.52. The Labute approximate surface area is 272 Å². The van der Waals surface area contributed by atoms with Gasteiger partial charge in [-0.05, 0) is 73.6 Å². The third-order valence-electron chi connectivity index (χ3n) is 9.52. The molecule has 0 radical (unpaired) electrons. The van der Waals surface area contributed by atoms with Crippen LogP contribution in [0.4, 0.5) is 4.39 Å². The van der Waals surface area contributed by atoms with Crippen LogP contribution in [0.2, 0.25) is 0 Å². The number of aryl methyl sites for hydroxylation is 1. The average Bonchev–Trinajstić information content (AvgIpc) is 3.73. The molecule has 2 aromatic carbocycles. The molecular formula is C36H39FN6O4. The Hall–Kier alpha value is -4.77. The van der Waals surface area contributed by atoms with Gasteiger partial charge in [0.05, 0.1) is 44.1 Å². The van der Waals surface area contributed by atoms with Crippen molar-refractivity contribution in [1.29, 1.82) is 0 Å². The van der Waals surface area contributed by atoms with E-state index in [4.69, 9.17) is 25.2 Å². The van der Waals surface area contributed by atoms with Crippen LogP contribution in [0.15, 0.2) is 48.5 Å². The van der Waals surface area contributed by atoms with Crippen LogP contribution < -0.4 is 10.5 Å². The number of esters is 1. The number of halogens is 1. The number of amides is 1. The molecule has 1 aliphatic heterocycles. The molecule has 1 saturated heterocycles. The van der Waals surface area contributed by atoms with Crippen LogP contribution in [0.25, 0.3) is 44.8 Å². The maximum absolute atomic E-state index is 14.3. The van der Waals surface area contributed by atoms with E-state index in [0.29, 0.717) is 29.3 Å². The van der Waals surface area contributed by atoms with E-state index in [1.807, 2.05) is 42.8 Å². The van der Waals surface area contributed by atoms with Crippen LogP contribution in [-0.2, 0) is 29.5 Å². The summed E-state index contributed by atoms with van der Waals surface area (Å²) in [5, 5.41) is 0.991. The summed E-state index contributed by atoms with van der Waals surface area (Å²) < 4.78 is 29.2. The molecule has 2 aliphatic rings. The van der Waals surface area contributed by atoms with Crippen LogP contribution in [0.5, 0.6) is 5.75 Å². The van der Waals surface area contributed by atoms with Gasteiger partial charge in [0.1, 0.15) is 23.1 Å². The normalized spacial score (nSPS) is 18.2. The summed E-state index contributed by atoms with van der Waals surface area (Å²) in [4.78, 5) is 37.3. The Balaban J connectivity index is 1.32. The first-order chi connectivity index (χ1) is 22.6. The molecule has 10 nitrogen and oxygen atoms in total. The molecule has 4 heterocycles. The average molecular weight is 639 g/mol. The highest BCUT2D eigenvalue weighted by Gasteiger charge is 2.31. The number of nitrogens with zero attached hydrogens (tertiary/aromatic N) is 5. The zero-order valence-corrected chi connectivity index (χ0v) is 27.1. The lowest BCUT2D eigenvalue weighted by Gasteiger charge is -2.33. The van der Waals surface area contributed by atoms with Crippen molar-refractivity contribution in [3.8, 4) is 28.5 Å². The number of ether oxygens (including phenoxy) is 2. The van der Waals surface area contributed by atoms with Gasteiger partial charge in [-0.2, -0.15) is 0 Å². The number of methoxy groups -OCH3 is 2. The number of alkyl halides is 1. The lowest BCUT2D eigenvalue weighted by molar-refractivity contribution is -0.139. The number of aromatic nitrogens is 4. The first-order valence-corrected chi connectivity index (χ1v) is 16.0. The first kappa shape index (κ1) is 30.9. The molecule has 0 spiro atoms. The molecule has 1 saturated carbocycles. The Bertz CT molecular complexity index is 2020. The van der Waals surface area contributed by atoms with Gasteiger partial charge in [0.15, 0.2) is 5.82 Å². The van der Waals surface area contributed by atoms with Crippen LogP contribution in [0.3, 0.4) is 0 Å². The van der Waals surface area contributed by atoms with Crippen LogP contribution in [0.1, 0.15) is 40.7 Å². The second-order valence-corrected chi connectivity index (χ2v) is 12.9. The number of rotatable bonds is 8. The van der Waals surface area contributed by atoms with E-state index in [1.165, 1.54) is 12.0 Å². The lowest BCUT2D eigenvalue weighted by atomic mass is 9.97. The van der Waals surface area contributed by atoms with Crippen LogP contribution in [0, 0.1) is 12.8 Å². The van der Waals surface area contributed by atoms with Crippen molar-refractivity contribution < 1.29 is 23.5 Å². The highest BCUT2D eigenvalue weighted by atomic mass is 19.1. The number of hydrogen-bond acceptors (Lipinski definition) is 7. The van der Waals surface area contributed by atoms with E-state index in [1.54, 1.807) is 19.2 Å². The molecule has 2 N–H and O–H groups in total. The molecule has 244 valence electrons. The quantitative estimate of drug-likeness (QED) is 0.232. The molecule has 2 atom stereocenters. The molecule has 5 aromatic rings. The van der Waals surface area contributed by atoms with Gasteiger partial charge < -0.3 is 29.2 Å². The van der Waals surface area contributed by atoms with Crippen molar-refractivity contribution in [1.82, 2.24) is 24.0 Å². The number of nitrogens with two attached hydrogens (primary N) is 1. The number of pyridine rings is 1. The van der Waals surface area contributed by atoms with Gasteiger partial charge in [-0.3, -0.25) is 9.59 Å². The number of hydrogen-bond donors (Lipinski definition) is 1. The second-order valence-electron chi connectivity index (χ2n) is 12.9. The van der Waals surface area contributed by atoms with Crippen LogP contribution >= 0.6 is 0 Å². The highest BCUT2D eigenvalue weighted by molar-refractivity contribution is 6.00. The zero-order chi connectivity index (χ0) is 33.0. The number of imidazole rings is 1. The predicted molar refractivity (Wildman–Crippen MR) is 178 cm³/mol. The zero-order valence-electron chi connectivity index (χ0n) is 27.1. The van der Waals surface area contributed by atoms with Gasteiger partial charge in [0, 0.05) is 42.7 Å². The molecule has 0 bridgehead atoms. The summed E-state index contributed by atoms with van der Waals surface area (Å²) in [6.45, 7) is 3.14. The molecule has 1 aliphatic carbocycles. The summed E-state index contributed by atoms with van der Waals surface area (Å²) >= 11 is 0. The largest absolute Gasteiger partial charge is 0.494 e. The minimum Gasteiger partial charge on any atom is -0.494 e. The molecule has 3 aromatic heterocycles. The predicted octanol–water partition coefficient (Wildman–Crippen LogP) is 5.21. The molecule has 0 unspecified atom stereocenters. The van der Waals surface area contributed by atoms with Gasteiger partial charge in [-0.25, -0.2) is 14.4 Å². The van der Waals surface area contributed by atoms with E-state index >= 15 is 0 Å². The van der Waals surface area contributed by atoms with Gasteiger partial charge >= 0.3 is 5.97 Å². The fraction of sp³-hybridized carbons (Fsp3) is 0.389. The van der Waals surface area contributed by atoms with Gasteiger partial charge in [-0.15, -0.1) is 0 Å². The summed E-state index contributed by atoms with van der Waals surface area (Å²) in [7, 11) is 4.91. The van der Waals surface area contributed by atoms with Crippen molar-refractivity contribution in [3.05, 3.63) is 65.2 Å². The van der Waals surface area contributed by atoms with Crippen molar-refractivity contribution in [2.75, 3.05) is 27.3 Å². The molecule has 7 rings (SSSR count). The van der Waals surface area contributed by atoms with Crippen molar-refractivity contribution >= 4 is 33.9 Å². The number of fused-ring (bicyclic) bond motifs is 2. The molecule has 2 fully saturated rings. The standard InChI is InChI=1S/C36H39FN6O4/c1-20-22(15-32(44)47-4)6-5-7-27(20)28-11-10-23-13-30(43(34(23)39-28)17-21-8-9-21)35-40-29-12-24(14-31(46-3)33(29)41(35)2)36(45)42-18-25(37)16-26(38)19-42/h5-7,10-14,21,25-26H,8-9,15-19,38H2,1-4H3/t25-,26-/m1/s1. The number of benzene rings is 2. The van der Waals surface area contributed by atoms with E-state index in [0.717, 1.165) is 69.8 Å². The summed E-state index contributed by atoms with van der Waals surface area (Å²) in [5.74, 6) is 1.22.